The van der Waals surface area contributed by atoms with Gasteiger partial charge in [-0.15, -0.1) is 17.0 Å². The fourth-order valence-electron chi connectivity index (χ4n) is 0.980. The number of aromatic hydroxyl groups is 1. The first kappa shape index (κ1) is 8.93. The Morgan fingerprint density at radius 3 is 3.00 bits per heavy atom. The molecule has 0 fully saturated rings. The molecule has 0 saturated carbocycles. The Labute approximate surface area is 80.4 Å². The molecular weight excluding hydrogens is 222 g/mol. The molecule has 4 heteroatoms. The van der Waals surface area contributed by atoms with Gasteiger partial charge in [0.15, 0.2) is 5.75 Å². The Kier molecular flexibility index (Phi) is 2.60. The minimum Gasteiger partial charge on any atom is -0.508 e. The van der Waals surface area contributed by atoms with E-state index >= 15 is 0 Å². The molecule has 1 heterocycles. The fourth-order valence-corrected chi connectivity index (χ4v) is 0.980. The van der Waals surface area contributed by atoms with Crippen molar-refractivity contribution in [2.24, 2.45) is 0 Å². The zero-order valence-corrected chi connectivity index (χ0v) is 7.86. The first-order valence-corrected chi connectivity index (χ1v) is 3.28. The predicted molar refractivity (Wildman–Crippen MR) is 51.2 cm³/mol. The van der Waals surface area contributed by atoms with Gasteiger partial charge in [-0.25, -0.2) is 5.48 Å². The van der Waals surface area contributed by atoms with Gasteiger partial charge >= 0.3 is 0 Å². The molecule has 1 aromatic rings. The molecule has 0 amide bonds. The molecule has 0 saturated heterocycles. The third-order valence-electron chi connectivity index (χ3n) is 1.49. The van der Waals surface area contributed by atoms with Crippen molar-refractivity contribution in [1.82, 2.24) is 5.48 Å². The van der Waals surface area contributed by atoms with Gasteiger partial charge in [-0.1, -0.05) is 0 Å². The maximum Gasteiger partial charge on any atom is 0.162 e. The molecule has 1 aliphatic rings. The van der Waals surface area contributed by atoms with Crippen LogP contribution in [0.3, 0.4) is 0 Å². The van der Waals surface area contributed by atoms with Crippen LogP contribution in [0.15, 0.2) is 24.4 Å². The van der Waals surface area contributed by atoms with E-state index in [0.29, 0.717) is 0 Å². The molecule has 2 N–H and O–H groups in total. The minimum absolute atomic E-state index is 0. The normalized spacial score (nSPS) is 12.0. The molecule has 64 valence electrons. The number of phenolic OH excluding ortho intramolecular Hbond substituents is 1. The first-order chi connectivity index (χ1) is 5.36. The summed E-state index contributed by atoms with van der Waals surface area (Å²) in [6.07, 6.45) is 3.50. The van der Waals surface area contributed by atoms with Crippen LogP contribution in [0.4, 0.5) is 0 Å². The smallest absolute Gasteiger partial charge is 0.162 e. The molecular formula is C8H8BrNO2. The Morgan fingerprint density at radius 2 is 2.17 bits per heavy atom. The summed E-state index contributed by atoms with van der Waals surface area (Å²) in [6, 6.07) is 4.94. The molecule has 12 heavy (non-hydrogen) atoms. The molecule has 1 aliphatic heterocycles. The van der Waals surface area contributed by atoms with Crippen molar-refractivity contribution in [2.45, 2.75) is 0 Å². The molecule has 0 aliphatic carbocycles. The van der Waals surface area contributed by atoms with Crippen LogP contribution in [-0.4, -0.2) is 5.11 Å². The lowest BCUT2D eigenvalue weighted by Crippen LogP contribution is -2.13. The van der Waals surface area contributed by atoms with Crippen molar-refractivity contribution < 1.29 is 9.94 Å². The van der Waals surface area contributed by atoms with Crippen LogP contribution in [0.5, 0.6) is 11.5 Å². The molecule has 0 spiro atoms. The molecule has 2 rings (SSSR count). The van der Waals surface area contributed by atoms with Gasteiger partial charge in [0.1, 0.15) is 5.75 Å². The molecule has 3 nitrogen and oxygen atoms in total. The Hall–Kier alpha value is -1.16. The zero-order chi connectivity index (χ0) is 7.68. The van der Waals surface area contributed by atoms with Gasteiger partial charge in [0, 0.05) is 11.8 Å². The van der Waals surface area contributed by atoms with Crippen molar-refractivity contribution in [2.75, 3.05) is 0 Å². The highest BCUT2D eigenvalue weighted by Crippen LogP contribution is 2.25. The number of benzene rings is 1. The number of halogens is 1. The maximum absolute atomic E-state index is 9.08. The predicted octanol–water partition coefficient (Wildman–Crippen LogP) is 1.84. The maximum atomic E-state index is 9.08. The second-order valence-corrected chi connectivity index (χ2v) is 2.28. The van der Waals surface area contributed by atoms with Gasteiger partial charge in [0.25, 0.3) is 0 Å². The Morgan fingerprint density at radius 1 is 1.33 bits per heavy atom. The highest BCUT2D eigenvalue weighted by atomic mass is 79.9. The number of phenols is 1. The van der Waals surface area contributed by atoms with Crippen molar-refractivity contribution in [3.63, 3.8) is 0 Å². The lowest BCUT2D eigenvalue weighted by Gasteiger charge is -2.11. The largest absolute Gasteiger partial charge is 0.508 e. The van der Waals surface area contributed by atoms with Crippen molar-refractivity contribution >= 4 is 23.1 Å². The van der Waals surface area contributed by atoms with E-state index in [1.54, 1.807) is 24.4 Å². The lowest BCUT2D eigenvalue weighted by atomic mass is 10.2. The summed E-state index contributed by atoms with van der Waals surface area (Å²) in [5, 5.41) is 9.08. The van der Waals surface area contributed by atoms with E-state index in [0.717, 1.165) is 11.3 Å². The van der Waals surface area contributed by atoms with Crippen LogP contribution >= 0.6 is 17.0 Å². The van der Waals surface area contributed by atoms with E-state index in [1.807, 2.05) is 6.08 Å². The standard InChI is InChI=1S/C8H7NO2.BrH/c10-7-1-2-8-6(5-7)3-4-9-11-8;/h1-5,9-10H;1H. The zero-order valence-electron chi connectivity index (χ0n) is 6.15. The summed E-state index contributed by atoms with van der Waals surface area (Å²) in [4.78, 5) is 5.03. The number of hydroxylamine groups is 1. The number of rotatable bonds is 0. The third kappa shape index (κ3) is 1.53. The average molecular weight is 230 g/mol. The van der Waals surface area contributed by atoms with Crippen molar-refractivity contribution in [3.8, 4) is 11.5 Å². The number of nitrogens with one attached hydrogen (secondary N) is 1. The van der Waals surface area contributed by atoms with E-state index < -0.39 is 0 Å². The van der Waals surface area contributed by atoms with E-state index in [9.17, 15) is 0 Å². The summed E-state index contributed by atoms with van der Waals surface area (Å²) < 4.78 is 0. The van der Waals surface area contributed by atoms with Crippen LogP contribution in [-0.2, 0) is 0 Å². The highest BCUT2D eigenvalue weighted by Gasteiger charge is 2.04. The number of hydrogen-bond acceptors (Lipinski definition) is 3. The number of fused-ring (bicyclic) bond motifs is 1. The fraction of sp³-hybridized carbons (Fsp3) is 0. The van der Waals surface area contributed by atoms with Crippen LogP contribution in [0.25, 0.3) is 6.08 Å². The Bertz CT molecular complexity index is 312. The van der Waals surface area contributed by atoms with Gasteiger partial charge in [-0.05, 0) is 24.3 Å². The van der Waals surface area contributed by atoms with Crippen LogP contribution in [0, 0.1) is 0 Å². The third-order valence-corrected chi connectivity index (χ3v) is 1.49. The van der Waals surface area contributed by atoms with Gasteiger partial charge in [-0.3, -0.25) is 0 Å². The lowest BCUT2D eigenvalue weighted by molar-refractivity contribution is 0.239. The average Bonchev–Trinajstić information content (AvgIpc) is 2.04. The van der Waals surface area contributed by atoms with Gasteiger partial charge < -0.3 is 9.94 Å². The second kappa shape index (κ2) is 3.49. The van der Waals surface area contributed by atoms with Crippen LogP contribution in [0.2, 0.25) is 0 Å². The Balaban J connectivity index is 0.000000720. The van der Waals surface area contributed by atoms with Crippen LogP contribution < -0.4 is 10.3 Å². The van der Waals surface area contributed by atoms with E-state index in [-0.39, 0.29) is 22.7 Å². The van der Waals surface area contributed by atoms with Crippen LogP contribution in [0.1, 0.15) is 5.56 Å². The van der Waals surface area contributed by atoms with Gasteiger partial charge in [0.05, 0.1) is 0 Å². The summed E-state index contributed by atoms with van der Waals surface area (Å²) in [6.45, 7) is 0. The molecule has 1 aromatic carbocycles. The quantitative estimate of drug-likeness (QED) is 0.714. The monoisotopic (exact) mass is 229 g/mol. The van der Waals surface area contributed by atoms with Gasteiger partial charge in [0.2, 0.25) is 0 Å². The summed E-state index contributed by atoms with van der Waals surface area (Å²) in [5.74, 6) is 0.976. The summed E-state index contributed by atoms with van der Waals surface area (Å²) in [5.41, 5.74) is 3.48. The SMILES string of the molecule is Br.Oc1ccc2c(c1)C=CNO2. The number of hydrogen-bond donors (Lipinski definition) is 2. The second-order valence-electron chi connectivity index (χ2n) is 2.28. The van der Waals surface area contributed by atoms with Crippen molar-refractivity contribution in [3.05, 3.63) is 30.0 Å². The van der Waals surface area contributed by atoms with E-state index in [2.05, 4.69) is 5.48 Å². The summed E-state index contributed by atoms with van der Waals surface area (Å²) >= 11 is 0. The summed E-state index contributed by atoms with van der Waals surface area (Å²) in [7, 11) is 0. The molecule has 0 aromatic heterocycles. The van der Waals surface area contributed by atoms with E-state index in [4.69, 9.17) is 9.94 Å². The molecule has 0 bridgehead atoms. The van der Waals surface area contributed by atoms with E-state index in [1.165, 1.54) is 0 Å². The first-order valence-electron chi connectivity index (χ1n) is 3.28. The minimum atomic E-state index is 0. The molecule has 0 atom stereocenters. The topological polar surface area (TPSA) is 41.5 Å². The molecule has 0 radical (unpaired) electrons. The van der Waals surface area contributed by atoms with Gasteiger partial charge in [-0.2, -0.15) is 0 Å². The molecule has 0 unspecified atom stereocenters. The van der Waals surface area contributed by atoms with Crippen molar-refractivity contribution in [1.29, 1.82) is 0 Å². The highest BCUT2D eigenvalue weighted by molar-refractivity contribution is 8.93.